The molecule has 0 saturated carbocycles. The van der Waals surface area contributed by atoms with Crippen molar-refractivity contribution in [2.24, 2.45) is 0 Å². The highest BCUT2D eigenvalue weighted by atomic mass is 32.1. The van der Waals surface area contributed by atoms with Crippen molar-refractivity contribution in [3.63, 3.8) is 0 Å². The zero-order valence-electron chi connectivity index (χ0n) is 13.3. The van der Waals surface area contributed by atoms with Crippen LogP contribution in [-0.2, 0) is 0 Å². The molecule has 0 radical (unpaired) electrons. The van der Waals surface area contributed by atoms with Crippen molar-refractivity contribution in [2.45, 2.75) is 33.1 Å². The number of nitrogens with zero attached hydrogens (tertiary/aromatic N) is 2. The summed E-state index contributed by atoms with van der Waals surface area (Å²) in [6.45, 7) is 7.12. The summed E-state index contributed by atoms with van der Waals surface area (Å²) in [6.07, 6.45) is 3.74. The van der Waals surface area contributed by atoms with Crippen LogP contribution in [0.3, 0.4) is 0 Å². The third kappa shape index (κ3) is 3.04. The molecule has 0 aliphatic carbocycles. The van der Waals surface area contributed by atoms with Crippen molar-refractivity contribution in [1.29, 1.82) is 0 Å². The Morgan fingerprint density at radius 3 is 2.95 bits per heavy atom. The monoisotopic (exact) mass is 317 g/mol. The van der Waals surface area contributed by atoms with Crippen molar-refractivity contribution in [3.05, 3.63) is 23.1 Å². The average molecular weight is 317 g/mol. The molecule has 118 valence electrons. The van der Waals surface area contributed by atoms with E-state index >= 15 is 0 Å². The molecule has 2 aromatic rings. The van der Waals surface area contributed by atoms with Crippen LogP contribution in [0.1, 0.15) is 31.1 Å². The Labute approximate surface area is 135 Å². The summed E-state index contributed by atoms with van der Waals surface area (Å²) in [4.78, 5) is 8.06. The summed E-state index contributed by atoms with van der Waals surface area (Å²) in [5.74, 6) is 0.979. The molecule has 0 bridgehead atoms. The molecule has 5 heteroatoms. The number of aryl methyl sites for hydroxylation is 1. The summed E-state index contributed by atoms with van der Waals surface area (Å²) in [7, 11) is 0. The number of nitrogen functional groups attached to an aromatic ring is 1. The Hall–Kier alpha value is -1.75. The highest BCUT2D eigenvalue weighted by Gasteiger charge is 2.19. The van der Waals surface area contributed by atoms with Crippen LogP contribution in [0.15, 0.2) is 18.2 Å². The highest BCUT2D eigenvalue weighted by Crippen LogP contribution is 2.37. The van der Waals surface area contributed by atoms with E-state index in [-0.39, 0.29) is 0 Å². The molecule has 22 heavy (non-hydrogen) atoms. The van der Waals surface area contributed by atoms with Crippen LogP contribution in [0.25, 0.3) is 11.3 Å². The first-order valence-corrected chi connectivity index (χ1v) is 8.75. The molecule has 2 heterocycles. The van der Waals surface area contributed by atoms with Crippen LogP contribution in [0.4, 0.5) is 10.8 Å². The summed E-state index contributed by atoms with van der Waals surface area (Å²) in [6, 6.07) is 6.34. The lowest BCUT2D eigenvalue weighted by Crippen LogP contribution is -2.33. The van der Waals surface area contributed by atoms with Gasteiger partial charge in [0.25, 0.3) is 0 Å². The smallest absolute Gasteiger partial charge is 0.180 e. The van der Waals surface area contributed by atoms with Crippen molar-refractivity contribution in [1.82, 2.24) is 4.98 Å². The van der Waals surface area contributed by atoms with Gasteiger partial charge in [0.2, 0.25) is 0 Å². The molecule has 2 N–H and O–H groups in total. The Morgan fingerprint density at radius 2 is 2.23 bits per heavy atom. The minimum Gasteiger partial charge on any atom is -0.490 e. The predicted molar refractivity (Wildman–Crippen MR) is 93.9 cm³/mol. The molecule has 0 atom stereocenters. The molecule has 1 aliphatic heterocycles. The molecule has 4 nitrogen and oxygen atoms in total. The molecular formula is C17H23N3OS. The number of rotatable bonds is 5. The predicted octanol–water partition coefficient (Wildman–Crippen LogP) is 4.09. The fourth-order valence-corrected chi connectivity index (χ4v) is 3.60. The molecule has 0 unspecified atom stereocenters. The molecule has 1 aliphatic rings. The van der Waals surface area contributed by atoms with Crippen molar-refractivity contribution < 1.29 is 4.74 Å². The lowest BCUT2D eigenvalue weighted by molar-refractivity contribution is 0.307. The zero-order valence-corrected chi connectivity index (χ0v) is 14.1. The van der Waals surface area contributed by atoms with Crippen LogP contribution in [0.5, 0.6) is 5.75 Å². The average Bonchev–Trinajstić information content (AvgIpc) is 2.86. The number of hydrogen-bond acceptors (Lipinski definition) is 5. The maximum Gasteiger partial charge on any atom is 0.180 e. The molecule has 1 aromatic heterocycles. The van der Waals surface area contributed by atoms with Gasteiger partial charge in [-0.05, 0) is 31.5 Å². The normalized spacial score (nSPS) is 13.8. The zero-order chi connectivity index (χ0) is 15.5. The van der Waals surface area contributed by atoms with Crippen molar-refractivity contribution in [2.75, 3.05) is 30.3 Å². The SMILES string of the molecule is CCCCCN1CCOc2ccc(-c3nc(N)sc3C)cc21. The number of hydrogen-bond donors (Lipinski definition) is 1. The molecular weight excluding hydrogens is 294 g/mol. The van der Waals surface area contributed by atoms with E-state index in [1.165, 1.54) is 24.9 Å². The summed E-state index contributed by atoms with van der Waals surface area (Å²) < 4.78 is 5.80. The number of aromatic nitrogens is 1. The Morgan fingerprint density at radius 1 is 1.36 bits per heavy atom. The van der Waals surface area contributed by atoms with Crippen molar-refractivity contribution >= 4 is 22.2 Å². The Balaban J connectivity index is 1.90. The van der Waals surface area contributed by atoms with Crippen LogP contribution < -0.4 is 15.4 Å². The topological polar surface area (TPSA) is 51.4 Å². The fraction of sp³-hybridized carbons (Fsp3) is 0.471. The van der Waals surface area contributed by atoms with E-state index < -0.39 is 0 Å². The van der Waals surface area contributed by atoms with Gasteiger partial charge in [-0.25, -0.2) is 4.98 Å². The van der Waals surface area contributed by atoms with Gasteiger partial charge in [0, 0.05) is 17.0 Å². The number of anilines is 2. The molecule has 0 saturated heterocycles. The molecule has 3 rings (SSSR count). The van der Waals surface area contributed by atoms with Crippen LogP contribution >= 0.6 is 11.3 Å². The van der Waals surface area contributed by atoms with Gasteiger partial charge in [0.15, 0.2) is 5.13 Å². The maximum absolute atomic E-state index is 5.84. The van der Waals surface area contributed by atoms with E-state index in [9.17, 15) is 0 Å². The van der Waals surface area contributed by atoms with Gasteiger partial charge in [-0.1, -0.05) is 19.8 Å². The van der Waals surface area contributed by atoms with E-state index in [0.29, 0.717) is 5.13 Å². The van der Waals surface area contributed by atoms with Gasteiger partial charge in [-0.15, -0.1) is 11.3 Å². The first-order valence-electron chi connectivity index (χ1n) is 7.94. The molecule has 0 amide bonds. The van der Waals surface area contributed by atoms with Crippen LogP contribution in [-0.4, -0.2) is 24.7 Å². The highest BCUT2D eigenvalue weighted by molar-refractivity contribution is 7.15. The number of nitrogens with two attached hydrogens (primary N) is 1. The van der Waals surface area contributed by atoms with E-state index in [4.69, 9.17) is 10.5 Å². The minimum atomic E-state index is 0.626. The summed E-state index contributed by atoms with van der Waals surface area (Å²) >= 11 is 1.54. The number of fused-ring (bicyclic) bond motifs is 1. The van der Waals surface area contributed by atoms with Gasteiger partial charge in [0.1, 0.15) is 12.4 Å². The first kappa shape index (κ1) is 15.2. The van der Waals surface area contributed by atoms with Crippen molar-refractivity contribution in [3.8, 4) is 17.0 Å². The second-order valence-electron chi connectivity index (χ2n) is 5.68. The largest absolute Gasteiger partial charge is 0.490 e. The number of unbranched alkanes of at least 4 members (excludes halogenated alkanes) is 2. The number of ether oxygens (including phenoxy) is 1. The van der Waals surface area contributed by atoms with Gasteiger partial charge >= 0.3 is 0 Å². The van der Waals surface area contributed by atoms with Crippen LogP contribution in [0.2, 0.25) is 0 Å². The van der Waals surface area contributed by atoms with E-state index in [1.54, 1.807) is 11.3 Å². The molecule has 0 fully saturated rings. The first-order chi connectivity index (χ1) is 10.7. The van der Waals surface area contributed by atoms with E-state index in [2.05, 4.69) is 41.9 Å². The lowest BCUT2D eigenvalue weighted by atomic mass is 10.1. The second kappa shape index (κ2) is 6.57. The van der Waals surface area contributed by atoms with Gasteiger partial charge in [-0.3, -0.25) is 0 Å². The van der Waals surface area contributed by atoms with Gasteiger partial charge in [0.05, 0.1) is 17.9 Å². The van der Waals surface area contributed by atoms with Gasteiger partial charge < -0.3 is 15.4 Å². The van der Waals surface area contributed by atoms with E-state index in [1.807, 2.05) is 0 Å². The lowest BCUT2D eigenvalue weighted by Gasteiger charge is -2.31. The number of thiazole rings is 1. The Bertz CT molecular complexity index is 653. The standard InChI is InChI=1S/C17H23N3OS/c1-3-4-5-8-20-9-10-21-15-7-6-13(11-14(15)20)16-12(2)22-17(18)19-16/h6-7,11H,3-5,8-10H2,1-2H3,(H2,18,19). The van der Waals surface area contributed by atoms with Gasteiger partial charge in [-0.2, -0.15) is 0 Å². The summed E-state index contributed by atoms with van der Waals surface area (Å²) in [5, 5.41) is 0.626. The fourth-order valence-electron chi connectivity index (χ4n) is 2.89. The quantitative estimate of drug-likeness (QED) is 0.844. The van der Waals surface area contributed by atoms with Crippen LogP contribution in [0, 0.1) is 6.92 Å². The molecule has 0 spiro atoms. The Kier molecular flexibility index (Phi) is 4.52. The molecule has 1 aromatic carbocycles. The van der Waals surface area contributed by atoms with E-state index in [0.717, 1.165) is 41.6 Å². The maximum atomic E-state index is 5.84. The second-order valence-corrected chi connectivity index (χ2v) is 6.92. The summed E-state index contributed by atoms with van der Waals surface area (Å²) in [5.41, 5.74) is 9.13. The number of benzene rings is 1. The minimum absolute atomic E-state index is 0.626. The third-order valence-corrected chi connectivity index (χ3v) is 4.84. The third-order valence-electron chi connectivity index (χ3n) is 4.04.